The van der Waals surface area contributed by atoms with Crippen LogP contribution < -0.4 is 16.8 Å². The van der Waals surface area contributed by atoms with Gasteiger partial charge in [0.1, 0.15) is 0 Å². The third-order valence-electron chi connectivity index (χ3n) is 4.31. The molecule has 5 N–H and O–H groups in total. The summed E-state index contributed by atoms with van der Waals surface area (Å²) < 4.78 is 0. The van der Waals surface area contributed by atoms with Gasteiger partial charge in [-0.25, -0.2) is 0 Å². The molecule has 2 bridgehead atoms. The van der Waals surface area contributed by atoms with E-state index in [4.69, 9.17) is 11.5 Å². The first-order valence-electron chi connectivity index (χ1n) is 6.81. The van der Waals surface area contributed by atoms with Crippen LogP contribution >= 0.6 is 0 Å². The minimum Gasteiger partial charge on any atom is -0.399 e. The Bertz CT molecular complexity index is 494. The van der Waals surface area contributed by atoms with E-state index in [0.717, 1.165) is 12.2 Å². The molecular weight excluding hydrogens is 240 g/mol. The Morgan fingerprint density at radius 3 is 2.63 bits per heavy atom. The maximum atomic E-state index is 11.5. The van der Waals surface area contributed by atoms with Gasteiger partial charge in [-0.05, 0) is 50.0 Å². The number of fused-ring (bicyclic) bond motifs is 3. The molecule has 19 heavy (non-hydrogen) atoms. The molecule has 3 aliphatic heterocycles. The van der Waals surface area contributed by atoms with E-state index in [-0.39, 0.29) is 0 Å². The quantitative estimate of drug-likeness (QED) is 0.704. The SMILES string of the molecule is NC(=O)c1ccc(N)cc1NC1CN2CCC1CC2. The van der Waals surface area contributed by atoms with E-state index in [1.54, 1.807) is 18.2 Å². The van der Waals surface area contributed by atoms with Crippen molar-refractivity contribution in [3.8, 4) is 0 Å². The van der Waals surface area contributed by atoms with Crippen LogP contribution in [0.4, 0.5) is 11.4 Å². The van der Waals surface area contributed by atoms with Gasteiger partial charge in [-0.2, -0.15) is 0 Å². The fourth-order valence-electron chi connectivity index (χ4n) is 3.22. The van der Waals surface area contributed by atoms with Crippen LogP contribution in [0.15, 0.2) is 18.2 Å². The van der Waals surface area contributed by atoms with E-state index < -0.39 is 5.91 Å². The van der Waals surface area contributed by atoms with Gasteiger partial charge in [0, 0.05) is 24.0 Å². The molecular formula is C14H20N4O. The van der Waals surface area contributed by atoms with E-state index in [1.807, 2.05) is 0 Å². The van der Waals surface area contributed by atoms with Crippen LogP contribution in [0, 0.1) is 5.92 Å². The molecule has 0 aromatic heterocycles. The highest BCUT2D eigenvalue weighted by molar-refractivity contribution is 5.99. The highest BCUT2D eigenvalue weighted by atomic mass is 16.1. The molecule has 1 amide bonds. The van der Waals surface area contributed by atoms with Gasteiger partial charge in [-0.1, -0.05) is 0 Å². The number of amides is 1. The zero-order valence-electron chi connectivity index (χ0n) is 10.9. The molecule has 1 atom stereocenters. The predicted molar refractivity (Wildman–Crippen MR) is 75.9 cm³/mol. The monoisotopic (exact) mass is 260 g/mol. The molecule has 0 spiro atoms. The first kappa shape index (κ1) is 12.3. The van der Waals surface area contributed by atoms with Gasteiger partial charge in [-0.15, -0.1) is 0 Å². The Kier molecular flexibility index (Phi) is 3.06. The van der Waals surface area contributed by atoms with Crippen molar-refractivity contribution in [2.45, 2.75) is 18.9 Å². The molecule has 0 aliphatic carbocycles. The maximum Gasteiger partial charge on any atom is 0.250 e. The average Bonchev–Trinajstić information content (AvgIpc) is 2.40. The Morgan fingerprint density at radius 1 is 1.32 bits per heavy atom. The van der Waals surface area contributed by atoms with E-state index in [2.05, 4.69) is 10.2 Å². The zero-order valence-corrected chi connectivity index (χ0v) is 10.9. The van der Waals surface area contributed by atoms with Gasteiger partial charge in [0.25, 0.3) is 5.91 Å². The third-order valence-corrected chi connectivity index (χ3v) is 4.31. The van der Waals surface area contributed by atoms with E-state index >= 15 is 0 Å². The van der Waals surface area contributed by atoms with Crippen LogP contribution in [-0.2, 0) is 0 Å². The molecule has 5 heteroatoms. The Balaban J connectivity index is 1.83. The summed E-state index contributed by atoms with van der Waals surface area (Å²) >= 11 is 0. The van der Waals surface area contributed by atoms with Crippen molar-refractivity contribution < 1.29 is 4.79 Å². The number of hydrogen-bond donors (Lipinski definition) is 3. The maximum absolute atomic E-state index is 11.5. The topological polar surface area (TPSA) is 84.4 Å². The third kappa shape index (κ3) is 2.38. The van der Waals surface area contributed by atoms with Crippen LogP contribution in [-0.4, -0.2) is 36.5 Å². The summed E-state index contributed by atoms with van der Waals surface area (Å²) in [6.45, 7) is 3.43. The second-order valence-corrected chi connectivity index (χ2v) is 5.56. The summed E-state index contributed by atoms with van der Waals surface area (Å²) in [5.41, 5.74) is 13.2. The molecule has 1 aromatic carbocycles. The molecule has 5 nitrogen and oxygen atoms in total. The van der Waals surface area contributed by atoms with Gasteiger partial charge in [-0.3, -0.25) is 4.79 Å². The number of hydrogen-bond acceptors (Lipinski definition) is 4. The van der Waals surface area contributed by atoms with Crippen molar-refractivity contribution in [3.63, 3.8) is 0 Å². The highest BCUT2D eigenvalue weighted by Crippen LogP contribution is 2.31. The Labute approximate surface area is 112 Å². The number of carbonyl (C=O) groups is 1. The fourth-order valence-corrected chi connectivity index (χ4v) is 3.22. The molecule has 0 saturated carbocycles. The molecule has 3 fully saturated rings. The number of piperidine rings is 3. The van der Waals surface area contributed by atoms with Gasteiger partial charge in [0.2, 0.25) is 0 Å². The predicted octanol–water partition coefficient (Wildman–Crippen LogP) is 0.874. The first-order valence-corrected chi connectivity index (χ1v) is 6.81. The van der Waals surface area contributed by atoms with Crippen LogP contribution in [0.2, 0.25) is 0 Å². The number of nitrogen functional groups attached to an aromatic ring is 1. The summed E-state index contributed by atoms with van der Waals surface area (Å²) in [5.74, 6) is 0.274. The normalized spacial score (nSPS) is 29.2. The van der Waals surface area contributed by atoms with Crippen molar-refractivity contribution in [2.24, 2.45) is 11.7 Å². The van der Waals surface area contributed by atoms with Gasteiger partial charge in [0.05, 0.1) is 5.56 Å². The van der Waals surface area contributed by atoms with Crippen molar-refractivity contribution in [2.75, 3.05) is 30.7 Å². The standard InChI is InChI=1S/C14H20N4O/c15-10-1-2-11(14(16)19)12(7-10)17-13-8-18-5-3-9(13)4-6-18/h1-2,7,9,13,17H,3-6,8,15H2,(H2,16,19). The molecule has 0 radical (unpaired) electrons. The van der Waals surface area contributed by atoms with Crippen molar-refractivity contribution in [1.82, 2.24) is 4.90 Å². The first-order chi connectivity index (χ1) is 9.13. The summed E-state index contributed by atoms with van der Waals surface area (Å²) in [6.07, 6.45) is 2.46. The smallest absolute Gasteiger partial charge is 0.250 e. The van der Waals surface area contributed by atoms with E-state index in [1.165, 1.54) is 25.9 Å². The van der Waals surface area contributed by atoms with Crippen molar-refractivity contribution >= 4 is 17.3 Å². The lowest BCUT2D eigenvalue weighted by atomic mass is 9.84. The lowest BCUT2D eigenvalue weighted by molar-refractivity contribution is 0.0969. The number of carbonyl (C=O) groups excluding carboxylic acids is 1. The number of benzene rings is 1. The van der Waals surface area contributed by atoms with Gasteiger partial charge < -0.3 is 21.7 Å². The summed E-state index contributed by atoms with van der Waals surface area (Å²) in [7, 11) is 0. The minimum absolute atomic E-state index is 0.391. The second kappa shape index (κ2) is 4.74. The van der Waals surface area contributed by atoms with Crippen LogP contribution in [0.25, 0.3) is 0 Å². The van der Waals surface area contributed by atoms with Crippen molar-refractivity contribution in [3.05, 3.63) is 23.8 Å². The summed E-state index contributed by atoms with van der Waals surface area (Å²) in [4.78, 5) is 13.9. The number of rotatable bonds is 3. The van der Waals surface area contributed by atoms with Crippen LogP contribution in [0.1, 0.15) is 23.2 Å². The number of primary amides is 1. The number of nitrogens with zero attached hydrogens (tertiary/aromatic N) is 1. The van der Waals surface area contributed by atoms with Gasteiger partial charge in [0.15, 0.2) is 0 Å². The molecule has 102 valence electrons. The second-order valence-electron chi connectivity index (χ2n) is 5.56. The fraction of sp³-hybridized carbons (Fsp3) is 0.500. The van der Waals surface area contributed by atoms with Crippen molar-refractivity contribution in [1.29, 1.82) is 0 Å². The molecule has 4 rings (SSSR count). The molecule has 3 heterocycles. The zero-order chi connectivity index (χ0) is 13.4. The number of anilines is 2. The highest BCUT2D eigenvalue weighted by Gasteiger charge is 2.34. The lowest BCUT2D eigenvalue weighted by Gasteiger charge is -2.45. The van der Waals surface area contributed by atoms with Crippen LogP contribution in [0.3, 0.4) is 0 Å². The Hall–Kier alpha value is -1.75. The number of nitrogens with two attached hydrogens (primary N) is 2. The lowest BCUT2D eigenvalue weighted by Crippen LogP contribution is -2.53. The van der Waals surface area contributed by atoms with E-state index in [9.17, 15) is 4.79 Å². The number of nitrogens with one attached hydrogen (secondary N) is 1. The summed E-state index contributed by atoms with van der Waals surface area (Å²) in [5, 5.41) is 3.48. The molecule has 1 aromatic rings. The minimum atomic E-state index is -0.413. The average molecular weight is 260 g/mol. The molecule has 3 saturated heterocycles. The largest absolute Gasteiger partial charge is 0.399 e. The van der Waals surface area contributed by atoms with Gasteiger partial charge >= 0.3 is 0 Å². The summed E-state index contributed by atoms with van der Waals surface area (Å²) in [6, 6.07) is 5.60. The van der Waals surface area contributed by atoms with E-state index in [0.29, 0.717) is 23.2 Å². The Morgan fingerprint density at radius 2 is 2.05 bits per heavy atom. The van der Waals surface area contributed by atoms with Crippen LogP contribution in [0.5, 0.6) is 0 Å². The molecule has 1 unspecified atom stereocenters. The molecule has 3 aliphatic rings.